The molecule has 0 heterocycles. The molecule has 0 aliphatic heterocycles. The topological polar surface area (TPSA) is 62.3 Å². The van der Waals surface area contributed by atoms with Gasteiger partial charge < -0.3 is 10.5 Å². The SMILES string of the molecule is COCCN(CCC(N)C#N)C(C)C1CC1. The third-order valence-corrected chi connectivity index (χ3v) is 3.36. The molecule has 0 amide bonds. The third-order valence-electron chi connectivity index (χ3n) is 3.36. The molecule has 1 fully saturated rings. The standard InChI is InChI=1S/C12H23N3O/c1-10(11-3-4-11)15(7-8-16-2)6-5-12(14)9-13/h10-12H,3-8,14H2,1-2H3. The molecular weight excluding hydrogens is 202 g/mol. The second kappa shape index (κ2) is 6.85. The van der Waals surface area contributed by atoms with Gasteiger partial charge in [0.1, 0.15) is 0 Å². The zero-order valence-electron chi connectivity index (χ0n) is 10.4. The third kappa shape index (κ3) is 4.48. The fraction of sp³-hybridized carbons (Fsp3) is 0.917. The summed E-state index contributed by atoms with van der Waals surface area (Å²) in [6, 6.07) is 2.34. The highest BCUT2D eigenvalue weighted by atomic mass is 16.5. The second-order valence-corrected chi connectivity index (χ2v) is 4.63. The fourth-order valence-electron chi connectivity index (χ4n) is 1.97. The van der Waals surface area contributed by atoms with Crippen LogP contribution in [0.15, 0.2) is 0 Å². The Bertz CT molecular complexity index is 235. The van der Waals surface area contributed by atoms with Gasteiger partial charge in [-0.3, -0.25) is 4.90 Å². The Balaban J connectivity index is 2.33. The van der Waals surface area contributed by atoms with Gasteiger partial charge in [0.05, 0.1) is 18.7 Å². The van der Waals surface area contributed by atoms with Crippen LogP contribution in [0.5, 0.6) is 0 Å². The molecule has 1 rings (SSSR count). The molecule has 0 radical (unpaired) electrons. The maximum absolute atomic E-state index is 8.67. The molecular formula is C12H23N3O. The first-order valence-electron chi connectivity index (χ1n) is 6.07. The predicted octanol–water partition coefficient (Wildman–Crippen LogP) is 0.974. The average Bonchev–Trinajstić information content (AvgIpc) is 3.11. The summed E-state index contributed by atoms with van der Waals surface area (Å²) in [5.41, 5.74) is 5.62. The molecule has 16 heavy (non-hydrogen) atoms. The number of nitriles is 1. The molecule has 2 unspecified atom stereocenters. The van der Waals surface area contributed by atoms with Crippen LogP contribution in [0.1, 0.15) is 26.2 Å². The van der Waals surface area contributed by atoms with Crippen molar-refractivity contribution in [1.82, 2.24) is 4.90 Å². The van der Waals surface area contributed by atoms with E-state index in [2.05, 4.69) is 17.9 Å². The van der Waals surface area contributed by atoms with Gasteiger partial charge in [-0.2, -0.15) is 5.26 Å². The van der Waals surface area contributed by atoms with Crippen LogP contribution in [0.3, 0.4) is 0 Å². The van der Waals surface area contributed by atoms with Crippen molar-refractivity contribution in [1.29, 1.82) is 5.26 Å². The van der Waals surface area contributed by atoms with E-state index in [0.717, 1.165) is 32.0 Å². The van der Waals surface area contributed by atoms with Crippen molar-refractivity contribution in [3.05, 3.63) is 0 Å². The van der Waals surface area contributed by atoms with Gasteiger partial charge in [-0.1, -0.05) is 0 Å². The highest BCUT2D eigenvalue weighted by Gasteiger charge is 2.31. The van der Waals surface area contributed by atoms with Crippen LogP contribution < -0.4 is 5.73 Å². The number of ether oxygens (including phenoxy) is 1. The summed E-state index contributed by atoms with van der Waals surface area (Å²) in [5.74, 6) is 0.843. The molecule has 2 N–H and O–H groups in total. The van der Waals surface area contributed by atoms with Gasteiger partial charge in [-0.25, -0.2) is 0 Å². The molecule has 1 aliphatic carbocycles. The summed E-state index contributed by atoms with van der Waals surface area (Å²) in [4.78, 5) is 2.40. The van der Waals surface area contributed by atoms with Gasteiger partial charge in [0.2, 0.25) is 0 Å². The van der Waals surface area contributed by atoms with Crippen LogP contribution in [0.2, 0.25) is 0 Å². The fourth-order valence-corrected chi connectivity index (χ4v) is 1.97. The Morgan fingerprint density at radius 2 is 2.19 bits per heavy atom. The smallest absolute Gasteiger partial charge is 0.0940 e. The first kappa shape index (κ1) is 13.4. The van der Waals surface area contributed by atoms with Crippen LogP contribution in [0.4, 0.5) is 0 Å². The predicted molar refractivity (Wildman–Crippen MR) is 63.8 cm³/mol. The summed E-state index contributed by atoms with van der Waals surface area (Å²) in [5, 5.41) is 8.67. The molecule has 1 saturated carbocycles. The summed E-state index contributed by atoms with van der Waals surface area (Å²) >= 11 is 0. The van der Waals surface area contributed by atoms with E-state index in [1.165, 1.54) is 12.8 Å². The highest BCUT2D eigenvalue weighted by molar-refractivity contribution is 4.89. The summed E-state index contributed by atoms with van der Waals surface area (Å²) in [7, 11) is 1.72. The zero-order valence-corrected chi connectivity index (χ0v) is 10.4. The molecule has 1 aliphatic rings. The molecule has 0 bridgehead atoms. The quantitative estimate of drug-likeness (QED) is 0.668. The molecule has 0 aromatic heterocycles. The molecule has 4 nitrogen and oxygen atoms in total. The van der Waals surface area contributed by atoms with Crippen LogP contribution >= 0.6 is 0 Å². The van der Waals surface area contributed by atoms with Crippen LogP contribution in [-0.4, -0.2) is 43.8 Å². The van der Waals surface area contributed by atoms with Crippen molar-refractivity contribution >= 4 is 0 Å². The van der Waals surface area contributed by atoms with E-state index in [1.807, 2.05) is 0 Å². The molecule has 4 heteroatoms. The number of nitrogens with zero attached hydrogens (tertiary/aromatic N) is 2. The normalized spacial score (nSPS) is 19.4. The van der Waals surface area contributed by atoms with Gasteiger partial charge >= 0.3 is 0 Å². The Morgan fingerprint density at radius 1 is 1.50 bits per heavy atom. The van der Waals surface area contributed by atoms with Crippen LogP contribution in [0.25, 0.3) is 0 Å². The van der Waals surface area contributed by atoms with E-state index in [-0.39, 0.29) is 6.04 Å². The molecule has 0 saturated heterocycles. The van der Waals surface area contributed by atoms with Crippen molar-refractivity contribution in [2.45, 2.75) is 38.3 Å². The molecule has 0 aromatic rings. The van der Waals surface area contributed by atoms with Crippen molar-refractivity contribution in [2.24, 2.45) is 11.7 Å². The first-order chi connectivity index (χ1) is 7.69. The molecule has 2 atom stereocenters. The lowest BCUT2D eigenvalue weighted by Crippen LogP contribution is -2.39. The number of nitrogens with two attached hydrogens (primary N) is 1. The van der Waals surface area contributed by atoms with Gasteiger partial charge in [-0.05, 0) is 32.1 Å². The first-order valence-corrected chi connectivity index (χ1v) is 6.07. The average molecular weight is 225 g/mol. The Kier molecular flexibility index (Phi) is 5.75. The van der Waals surface area contributed by atoms with Gasteiger partial charge in [0.25, 0.3) is 0 Å². The Hall–Kier alpha value is -0.630. The highest BCUT2D eigenvalue weighted by Crippen LogP contribution is 2.35. The van der Waals surface area contributed by atoms with Crippen LogP contribution in [0, 0.1) is 17.2 Å². The van der Waals surface area contributed by atoms with Crippen molar-refractivity contribution in [3.63, 3.8) is 0 Å². The Labute approximate surface area is 98.4 Å². The van der Waals surface area contributed by atoms with E-state index >= 15 is 0 Å². The molecule has 0 aromatic carbocycles. The lowest BCUT2D eigenvalue weighted by molar-refractivity contribution is 0.115. The number of hydrogen-bond acceptors (Lipinski definition) is 4. The minimum atomic E-state index is -0.337. The van der Waals surface area contributed by atoms with Gasteiger partial charge in [0.15, 0.2) is 0 Å². The molecule has 92 valence electrons. The van der Waals surface area contributed by atoms with Crippen molar-refractivity contribution in [3.8, 4) is 6.07 Å². The molecule has 0 spiro atoms. The largest absolute Gasteiger partial charge is 0.383 e. The van der Waals surface area contributed by atoms with E-state index < -0.39 is 0 Å². The minimum absolute atomic E-state index is 0.337. The number of rotatable bonds is 8. The van der Waals surface area contributed by atoms with Gasteiger partial charge in [-0.15, -0.1) is 0 Å². The minimum Gasteiger partial charge on any atom is -0.383 e. The number of hydrogen-bond donors (Lipinski definition) is 1. The van der Waals surface area contributed by atoms with Gasteiger partial charge in [0, 0.05) is 26.2 Å². The summed E-state index contributed by atoms with van der Waals surface area (Å²) in [6.45, 7) is 4.85. The van der Waals surface area contributed by atoms with Crippen LogP contribution in [-0.2, 0) is 4.74 Å². The maximum Gasteiger partial charge on any atom is 0.0940 e. The van der Waals surface area contributed by atoms with E-state index in [0.29, 0.717) is 6.04 Å². The van der Waals surface area contributed by atoms with Crippen molar-refractivity contribution < 1.29 is 4.74 Å². The summed E-state index contributed by atoms with van der Waals surface area (Å²) in [6.07, 6.45) is 3.43. The lowest BCUT2D eigenvalue weighted by Gasteiger charge is -2.29. The van der Waals surface area contributed by atoms with Crippen molar-refractivity contribution in [2.75, 3.05) is 26.8 Å². The maximum atomic E-state index is 8.67. The zero-order chi connectivity index (χ0) is 12.0. The monoisotopic (exact) mass is 225 g/mol. The van der Waals surface area contributed by atoms with E-state index in [4.69, 9.17) is 15.7 Å². The van der Waals surface area contributed by atoms with E-state index in [1.54, 1.807) is 7.11 Å². The Morgan fingerprint density at radius 3 is 2.69 bits per heavy atom. The number of methoxy groups -OCH3 is 1. The van der Waals surface area contributed by atoms with E-state index in [9.17, 15) is 0 Å². The summed E-state index contributed by atoms with van der Waals surface area (Å²) < 4.78 is 5.12. The second-order valence-electron chi connectivity index (χ2n) is 4.63. The lowest BCUT2D eigenvalue weighted by atomic mass is 10.1.